The maximum Gasteiger partial charge on any atom is 0.262 e. The summed E-state index contributed by atoms with van der Waals surface area (Å²) in [6, 6.07) is 5.50. The number of sulfonamides is 1. The summed E-state index contributed by atoms with van der Waals surface area (Å²) in [5, 5.41) is 6.54. The fourth-order valence-corrected chi connectivity index (χ4v) is 3.34. The Labute approximate surface area is 124 Å². The molecule has 0 atom stereocenters. The van der Waals surface area contributed by atoms with Gasteiger partial charge < -0.3 is 5.73 Å². The van der Waals surface area contributed by atoms with Gasteiger partial charge in [-0.2, -0.15) is 9.40 Å². The molecule has 0 spiro atoms. The number of hydrogen-bond donors (Lipinski definition) is 2. The summed E-state index contributed by atoms with van der Waals surface area (Å²) >= 11 is 0. The first-order valence-corrected chi connectivity index (χ1v) is 7.93. The molecule has 0 saturated heterocycles. The van der Waals surface area contributed by atoms with Crippen LogP contribution in [0.3, 0.4) is 0 Å². The first-order chi connectivity index (χ1) is 9.86. The second-order valence-corrected chi connectivity index (χ2v) is 6.83. The molecule has 21 heavy (non-hydrogen) atoms. The lowest BCUT2D eigenvalue weighted by Crippen LogP contribution is -2.28. The Kier molecular flexibility index (Phi) is 4.40. The Bertz CT molecular complexity index is 739. The monoisotopic (exact) mass is 309 g/mol. The average Bonchev–Trinajstić information content (AvgIpc) is 2.80. The summed E-state index contributed by atoms with van der Waals surface area (Å²) < 4.78 is 26.4. The van der Waals surface area contributed by atoms with Crippen LogP contribution in [0.1, 0.15) is 22.6 Å². The number of hydrogen-bond acceptors (Lipinski definition) is 5. The van der Waals surface area contributed by atoms with Crippen LogP contribution in [-0.2, 0) is 23.1 Å². The van der Waals surface area contributed by atoms with Gasteiger partial charge >= 0.3 is 0 Å². The van der Waals surface area contributed by atoms with Crippen molar-refractivity contribution in [2.75, 3.05) is 7.05 Å². The number of H-pyrrole nitrogens is 1. The van der Waals surface area contributed by atoms with E-state index >= 15 is 0 Å². The lowest BCUT2D eigenvalue weighted by Gasteiger charge is -2.16. The van der Waals surface area contributed by atoms with Crippen molar-refractivity contribution in [3.05, 3.63) is 40.8 Å². The predicted molar refractivity (Wildman–Crippen MR) is 78.8 cm³/mol. The quantitative estimate of drug-likeness (QED) is 0.846. The molecule has 0 aliphatic heterocycles. The smallest absolute Gasteiger partial charge is 0.262 e. The highest BCUT2D eigenvalue weighted by Crippen LogP contribution is 2.20. The lowest BCUT2D eigenvalue weighted by atomic mass is 10.3. The molecule has 2 rings (SSSR count). The fraction of sp³-hybridized carbons (Fsp3) is 0.385. The van der Waals surface area contributed by atoms with Gasteiger partial charge in [0.05, 0.1) is 12.2 Å². The molecule has 0 aliphatic rings. The third-order valence-corrected chi connectivity index (χ3v) is 5.00. The first kappa shape index (κ1) is 15.6. The van der Waals surface area contributed by atoms with Crippen molar-refractivity contribution in [1.82, 2.24) is 19.5 Å². The number of nitrogens with zero attached hydrogens (tertiary/aromatic N) is 3. The molecule has 2 heterocycles. The van der Waals surface area contributed by atoms with E-state index in [0.29, 0.717) is 17.0 Å². The van der Waals surface area contributed by atoms with Crippen LogP contribution >= 0.6 is 0 Å². The average molecular weight is 309 g/mol. The van der Waals surface area contributed by atoms with Crippen molar-refractivity contribution in [2.45, 2.75) is 32.0 Å². The molecule has 0 unspecified atom stereocenters. The molecule has 0 amide bonds. The minimum atomic E-state index is -3.70. The summed E-state index contributed by atoms with van der Waals surface area (Å²) in [6.45, 7) is 3.91. The van der Waals surface area contributed by atoms with E-state index in [0.717, 1.165) is 5.69 Å². The summed E-state index contributed by atoms with van der Waals surface area (Å²) in [5.74, 6) is 0. The van der Waals surface area contributed by atoms with Crippen LogP contribution in [0.25, 0.3) is 0 Å². The number of nitrogens with one attached hydrogen (secondary N) is 1. The summed E-state index contributed by atoms with van der Waals surface area (Å²) in [5.41, 5.74) is 8.31. The Morgan fingerprint density at radius 2 is 2.05 bits per heavy atom. The highest BCUT2D eigenvalue weighted by Gasteiger charge is 2.27. The second kappa shape index (κ2) is 5.92. The molecule has 2 aromatic rings. The van der Waals surface area contributed by atoms with Crippen molar-refractivity contribution in [3.8, 4) is 0 Å². The molecule has 0 aliphatic carbocycles. The topological polar surface area (TPSA) is 105 Å². The van der Waals surface area contributed by atoms with E-state index in [-0.39, 0.29) is 18.1 Å². The van der Waals surface area contributed by atoms with Gasteiger partial charge in [-0.05, 0) is 26.0 Å². The van der Waals surface area contributed by atoms with Crippen molar-refractivity contribution in [1.29, 1.82) is 0 Å². The molecule has 3 N–H and O–H groups in total. The Hall–Kier alpha value is -1.77. The van der Waals surface area contributed by atoms with Crippen molar-refractivity contribution >= 4 is 10.0 Å². The highest BCUT2D eigenvalue weighted by molar-refractivity contribution is 7.89. The second-order valence-electron chi connectivity index (χ2n) is 4.87. The zero-order valence-electron chi connectivity index (χ0n) is 12.3. The van der Waals surface area contributed by atoms with Gasteiger partial charge in [0, 0.05) is 30.5 Å². The van der Waals surface area contributed by atoms with E-state index in [1.807, 2.05) is 19.1 Å². The molecule has 0 bridgehead atoms. The van der Waals surface area contributed by atoms with E-state index in [4.69, 9.17) is 5.73 Å². The number of rotatable bonds is 5. The molecule has 0 aromatic carbocycles. The van der Waals surface area contributed by atoms with Crippen LogP contribution in [0, 0.1) is 13.8 Å². The number of aromatic amines is 1. The third-order valence-electron chi connectivity index (χ3n) is 3.23. The van der Waals surface area contributed by atoms with Crippen molar-refractivity contribution in [3.63, 3.8) is 0 Å². The zero-order chi connectivity index (χ0) is 15.6. The Morgan fingerprint density at radius 1 is 1.33 bits per heavy atom. The summed E-state index contributed by atoms with van der Waals surface area (Å²) in [6.07, 6.45) is 0. The zero-order valence-corrected chi connectivity index (χ0v) is 13.1. The highest BCUT2D eigenvalue weighted by atomic mass is 32.2. The Balaban J connectivity index is 2.30. The van der Waals surface area contributed by atoms with Gasteiger partial charge in [-0.15, -0.1) is 0 Å². The number of aromatic nitrogens is 3. The molecule has 114 valence electrons. The molecule has 2 aromatic heterocycles. The van der Waals surface area contributed by atoms with Crippen molar-refractivity contribution in [2.24, 2.45) is 5.73 Å². The van der Waals surface area contributed by atoms with Crippen molar-refractivity contribution < 1.29 is 8.42 Å². The number of aryl methyl sites for hydroxylation is 2. The minimum absolute atomic E-state index is 0.0161. The molecule has 0 fully saturated rings. The number of nitrogens with two attached hydrogens (primary N) is 1. The Morgan fingerprint density at radius 3 is 2.67 bits per heavy atom. The molecule has 8 heteroatoms. The molecular weight excluding hydrogens is 290 g/mol. The van der Waals surface area contributed by atoms with Gasteiger partial charge in [0.2, 0.25) is 0 Å². The predicted octanol–water partition coefficient (Wildman–Crippen LogP) is 0.701. The van der Waals surface area contributed by atoms with Crippen LogP contribution in [-0.4, -0.2) is 35.0 Å². The van der Waals surface area contributed by atoms with Gasteiger partial charge in [-0.25, -0.2) is 8.42 Å². The first-order valence-electron chi connectivity index (χ1n) is 6.49. The molecule has 7 nitrogen and oxygen atoms in total. The van der Waals surface area contributed by atoms with Gasteiger partial charge in [0.1, 0.15) is 0 Å². The van der Waals surface area contributed by atoms with E-state index in [1.54, 1.807) is 13.0 Å². The third kappa shape index (κ3) is 3.12. The molecular formula is C13H19N5O2S. The maximum atomic E-state index is 12.6. The molecule has 0 radical (unpaired) electrons. The van der Waals surface area contributed by atoms with E-state index < -0.39 is 10.0 Å². The van der Waals surface area contributed by atoms with Crippen LogP contribution in [0.2, 0.25) is 0 Å². The lowest BCUT2D eigenvalue weighted by molar-refractivity contribution is 0.458. The van der Waals surface area contributed by atoms with Crippen LogP contribution in [0.15, 0.2) is 23.2 Å². The van der Waals surface area contributed by atoms with Gasteiger partial charge in [0.25, 0.3) is 10.0 Å². The largest absolute Gasteiger partial charge is 0.326 e. The van der Waals surface area contributed by atoms with E-state index in [1.165, 1.54) is 11.4 Å². The van der Waals surface area contributed by atoms with Gasteiger partial charge in [0.15, 0.2) is 5.03 Å². The fourth-order valence-electron chi connectivity index (χ4n) is 2.03. The SMILES string of the molecule is Cc1cccc(CN(C)S(=O)(=O)c2n[nH]c(C)c2CN)n1. The van der Waals surface area contributed by atoms with Gasteiger partial charge in [-0.1, -0.05) is 6.07 Å². The maximum absolute atomic E-state index is 12.6. The number of pyridine rings is 1. The van der Waals surface area contributed by atoms with Crippen LogP contribution < -0.4 is 5.73 Å². The minimum Gasteiger partial charge on any atom is -0.326 e. The van der Waals surface area contributed by atoms with E-state index in [9.17, 15) is 8.42 Å². The molecule has 0 saturated carbocycles. The standard InChI is InChI=1S/C13H19N5O2S/c1-9-5-4-6-11(15-9)8-18(3)21(19,20)13-12(7-14)10(2)16-17-13/h4-6H,7-8,14H2,1-3H3,(H,16,17). The summed E-state index contributed by atoms with van der Waals surface area (Å²) in [4.78, 5) is 4.31. The van der Waals surface area contributed by atoms with Crippen LogP contribution in [0.5, 0.6) is 0 Å². The van der Waals surface area contributed by atoms with Gasteiger partial charge in [-0.3, -0.25) is 10.1 Å². The van der Waals surface area contributed by atoms with Crippen LogP contribution in [0.4, 0.5) is 0 Å². The summed E-state index contributed by atoms with van der Waals surface area (Å²) in [7, 11) is -2.20. The normalized spacial score (nSPS) is 12.0. The van der Waals surface area contributed by atoms with E-state index in [2.05, 4.69) is 15.2 Å².